The Kier molecular flexibility index (Phi) is 3.04. The third-order valence-electron chi connectivity index (χ3n) is 0.800. The van der Waals surface area contributed by atoms with E-state index in [-0.39, 0.29) is 0 Å². The Hall–Kier alpha value is -0.360. The summed E-state index contributed by atoms with van der Waals surface area (Å²) in [6.45, 7) is 1.18. The average molecular weight is 188 g/mol. The van der Waals surface area contributed by atoms with Crippen LogP contribution in [0.4, 0.5) is 0 Å². The lowest BCUT2D eigenvalue weighted by Crippen LogP contribution is -2.22. The molecule has 60 valence electrons. The maximum absolute atomic E-state index is 10.2. The molecule has 0 aliphatic carbocycles. The lowest BCUT2D eigenvalue weighted by molar-refractivity contribution is -0.512. The minimum absolute atomic E-state index is 0.623. The molecule has 0 heterocycles. The molecule has 7 heteroatoms. The monoisotopic (exact) mass is 187 g/mol. The van der Waals surface area contributed by atoms with Crippen molar-refractivity contribution in [3.8, 4) is 0 Å². The molecule has 0 aliphatic rings. The first-order valence-corrected chi connectivity index (χ1v) is 4.86. The van der Waals surface area contributed by atoms with E-state index in [1.54, 1.807) is 0 Å². The van der Waals surface area contributed by atoms with E-state index in [1.807, 2.05) is 0 Å². The second-order valence-corrected chi connectivity index (χ2v) is 4.66. The normalized spacial score (nSPS) is 14.6. The SMILES string of the molecule is CC(CS(=O)(=O)Cl)[N+](=O)[O-]. The number of hydrogen-bond donors (Lipinski definition) is 0. The van der Waals surface area contributed by atoms with Gasteiger partial charge in [0.05, 0.1) is 0 Å². The maximum atomic E-state index is 10.2. The molecule has 0 N–H and O–H groups in total. The van der Waals surface area contributed by atoms with Gasteiger partial charge in [-0.25, -0.2) is 8.42 Å². The molecule has 0 aliphatic heterocycles. The second-order valence-electron chi connectivity index (χ2n) is 1.84. The predicted molar refractivity (Wildman–Crippen MR) is 36.1 cm³/mol. The fraction of sp³-hybridized carbons (Fsp3) is 1.00. The standard InChI is InChI=1S/C3H6ClNO4S/c1-3(5(6)7)2-10(4,8)9/h3H,2H2,1H3. The van der Waals surface area contributed by atoms with Crippen LogP contribution < -0.4 is 0 Å². The van der Waals surface area contributed by atoms with Crippen molar-refractivity contribution >= 4 is 19.7 Å². The van der Waals surface area contributed by atoms with Crippen LogP contribution in [0.3, 0.4) is 0 Å². The topological polar surface area (TPSA) is 77.3 Å². The van der Waals surface area contributed by atoms with Crippen LogP contribution in [-0.2, 0) is 9.05 Å². The largest absolute Gasteiger partial charge is 0.264 e. The molecular weight excluding hydrogens is 182 g/mol. The van der Waals surface area contributed by atoms with Gasteiger partial charge in [-0.05, 0) is 0 Å². The van der Waals surface area contributed by atoms with Gasteiger partial charge in [0.15, 0.2) is 0 Å². The number of nitro groups is 1. The molecule has 1 atom stereocenters. The van der Waals surface area contributed by atoms with Crippen LogP contribution in [-0.4, -0.2) is 25.1 Å². The fourth-order valence-corrected chi connectivity index (χ4v) is 1.59. The van der Waals surface area contributed by atoms with Crippen molar-refractivity contribution in [2.24, 2.45) is 0 Å². The highest BCUT2D eigenvalue weighted by atomic mass is 35.7. The molecule has 0 radical (unpaired) electrons. The van der Waals surface area contributed by atoms with Crippen molar-refractivity contribution in [3.05, 3.63) is 10.1 Å². The Bertz CT molecular complexity index is 223. The highest BCUT2D eigenvalue weighted by Gasteiger charge is 2.20. The fourth-order valence-electron chi connectivity index (χ4n) is 0.349. The summed E-state index contributed by atoms with van der Waals surface area (Å²) in [5.41, 5.74) is 0. The van der Waals surface area contributed by atoms with Gasteiger partial charge in [0.25, 0.3) is 0 Å². The van der Waals surface area contributed by atoms with Crippen molar-refractivity contribution in [3.63, 3.8) is 0 Å². The van der Waals surface area contributed by atoms with Crippen molar-refractivity contribution in [1.82, 2.24) is 0 Å². The van der Waals surface area contributed by atoms with Crippen molar-refractivity contribution < 1.29 is 13.3 Å². The van der Waals surface area contributed by atoms with Gasteiger partial charge in [-0.1, -0.05) is 0 Å². The minimum Gasteiger partial charge on any atom is -0.264 e. The van der Waals surface area contributed by atoms with E-state index >= 15 is 0 Å². The van der Waals surface area contributed by atoms with Crippen LogP contribution in [0, 0.1) is 10.1 Å². The third kappa shape index (κ3) is 4.51. The summed E-state index contributed by atoms with van der Waals surface area (Å²) in [6, 6.07) is -1.14. The van der Waals surface area contributed by atoms with E-state index in [0.717, 1.165) is 0 Å². The summed E-state index contributed by atoms with van der Waals surface area (Å²) in [7, 11) is 1.00. The van der Waals surface area contributed by atoms with Gasteiger partial charge in [-0.3, -0.25) is 10.1 Å². The van der Waals surface area contributed by atoms with E-state index in [1.165, 1.54) is 6.92 Å². The molecule has 0 spiro atoms. The first-order valence-electron chi connectivity index (χ1n) is 2.39. The van der Waals surface area contributed by atoms with Gasteiger partial charge in [0, 0.05) is 22.5 Å². The molecule has 0 saturated carbocycles. The van der Waals surface area contributed by atoms with Gasteiger partial charge >= 0.3 is 0 Å². The van der Waals surface area contributed by atoms with Crippen LogP contribution >= 0.6 is 10.7 Å². The Labute approximate surface area is 62.6 Å². The van der Waals surface area contributed by atoms with E-state index in [0.29, 0.717) is 0 Å². The van der Waals surface area contributed by atoms with Crippen molar-refractivity contribution in [2.45, 2.75) is 13.0 Å². The number of rotatable bonds is 3. The molecule has 0 bridgehead atoms. The second kappa shape index (κ2) is 3.16. The molecule has 0 aromatic carbocycles. The van der Waals surface area contributed by atoms with Gasteiger partial charge < -0.3 is 0 Å². The molecule has 0 aromatic heterocycles. The van der Waals surface area contributed by atoms with Gasteiger partial charge in [0.1, 0.15) is 5.75 Å². The lowest BCUT2D eigenvalue weighted by atomic mass is 10.4. The van der Waals surface area contributed by atoms with Crippen LogP contribution in [0.15, 0.2) is 0 Å². The molecule has 0 aromatic rings. The van der Waals surface area contributed by atoms with E-state index in [9.17, 15) is 18.5 Å². The highest BCUT2D eigenvalue weighted by molar-refractivity contribution is 8.13. The first kappa shape index (κ1) is 9.64. The molecule has 10 heavy (non-hydrogen) atoms. The Morgan fingerprint density at radius 3 is 2.20 bits per heavy atom. The Balaban J connectivity index is 4.06. The van der Waals surface area contributed by atoms with Crippen molar-refractivity contribution in [2.75, 3.05) is 5.75 Å². The molecule has 5 nitrogen and oxygen atoms in total. The summed E-state index contributed by atoms with van der Waals surface area (Å²) in [5, 5.41) is 9.86. The van der Waals surface area contributed by atoms with Gasteiger partial charge in [0.2, 0.25) is 15.1 Å². The summed E-state index contributed by atoms with van der Waals surface area (Å²) in [6.07, 6.45) is 0. The molecule has 1 unspecified atom stereocenters. The van der Waals surface area contributed by atoms with E-state index in [4.69, 9.17) is 10.7 Å². The van der Waals surface area contributed by atoms with Crippen LogP contribution in [0.5, 0.6) is 0 Å². The summed E-state index contributed by atoms with van der Waals surface area (Å²) < 4.78 is 20.4. The average Bonchev–Trinajstić information content (AvgIpc) is 1.60. The zero-order valence-electron chi connectivity index (χ0n) is 5.15. The van der Waals surface area contributed by atoms with Crippen LogP contribution in [0.25, 0.3) is 0 Å². The zero-order chi connectivity index (χ0) is 8.36. The van der Waals surface area contributed by atoms with Crippen LogP contribution in [0.1, 0.15) is 6.92 Å². The van der Waals surface area contributed by atoms with Gasteiger partial charge in [-0.15, -0.1) is 0 Å². The van der Waals surface area contributed by atoms with Crippen LogP contribution in [0.2, 0.25) is 0 Å². The quantitative estimate of drug-likeness (QED) is 0.360. The Morgan fingerprint density at radius 2 is 2.10 bits per heavy atom. The maximum Gasteiger partial charge on any atom is 0.239 e. The number of hydrogen-bond acceptors (Lipinski definition) is 4. The number of nitrogens with zero attached hydrogens (tertiary/aromatic N) is 1. The number of halogens is 1. The lowest BCUT2D eigenvalue weighted by Gasteiger charge is -1.98. The summed E-state index contributed by atoms with van der Waals surface area (Å²) >= 11 is 0. The van der Waals surface area contributed by atoms with E-state index < -0.39 is 25.8 Å². The summed E-state index contributed by atoms with van der Waals surface area (Å²) in [4.78, 5) is 9.16. The molecule has 0 rings (SSSR count). The zero-order valence-corrected chi connectivity index (χ0v) is 6.72. The predicted octanol–water partition coefficient (Wildman–Crippen LogP) is 0.220. The third-order valence-corrected chi connectivity index (χ3v) is 2.06. The highest BCUT2D eigenvalue weighted by Crippen LogP contribution is 2.00. The Morgan fingerprint density at radius 1 is 1.70 bits per heavy atom. The molecule has 0 fully saturated rings. The van der Waals surface area contributed by atoms with E-state index in [2.05, 4.69) is 0 Å². The molecule has 0 amide bonds. The van der Waals surface area contributed by atoms with Crippen molar-refractivity contribution in [1.29, 1.82) is 0 Å². The smallest absolute Gasteiger partial charge is 0.239 e. The molecule has 0 saturated heterocycles. The molecular formula is C3H6ClNO4S. The summed E-state index contributed by atoms with van der Waals surface area (Å²) in [5.74, 6) is -0.623. The first-order chi connectivity index (χ1) is 4.33. The minimum atomic E-state index is -3.74. The van der Waals surface area contributed by atoms with Gasteiger partial charge in [-0.2, -0.15) is 0 Å².